The summed E-state index contributed by atoms with van der Waals surface area (Å²) in [5, 5.41) is 0. The Kier molecular flexibility index (Phi) is 6.05. The SMILES string of the molecule is [C-]#[N+]c1ccc(N(Cc2ccc(COC)o2)CC(F)(F)F)cc1C(F)(F)F. The number of nitrogens with zero attached hydrogens (tertiary/aromatic N) is 2. The van der Waals surface area contributed by atoms with Gasteiger partial charge in [-0.25, -0.2) is 4.85 Å². The van der Waals surface area contributed by atoms with Gasteiger partial charge in [0.05, 0.1) is 18.7 Å². The molecule has 146 valence electrons. The van der Waals surface area contributed by atoms with Crippen LogP contribution in [0.1, 0.15) is 17.1 Å². The number of halogens is 6. The van der Waals surface area contributed by atoms with E-state index in [9.17, 15) is 26.3 Å². The van der Waals surface area contributed by atoms with Crippen LogP contribution < -0.4 is 4.90 Å². The molecule has 10 heteroatoms. The maximum Gasteiger partial charge on any atom is 0.407 e. The molecule has 0 amide bonds. The van der Waals surface area contributed by atoms with E-state index in [1.807, 2.05) is 0 Å². The van der Waals surface area contributed by atoms with Crippen LogP contribution in [0.15, 0.2) is 34.7 Å². The van der Waals surface area contributed by atoms with Gasteiger partial charge in [0.25, 0.3) is 0 Å². The first-order chi connectivity index (χ1) is 12.5. The van der Waals surface area contributed by atoms with E-state index in [-0.39, 0.29) is 18.1 Å². The van der Waals surface area contributed by atoms with Crippen LogP contribution in [0.4, 0.5) is 37.7 Å². The summed E-state index contributed by atoms with van der Waals surface area (Å²) in [5.41, 5.74) is -2.29. The Balaban J connectivity index is 2.40. The molecule has 0 unspecified atom stereocenters. The highest BCUT2D eigenvalue weighted by atomic mass is 19.4. The van der Waals surface area contributed by atoms with Crippen molar-refractivity contribution in [1.82, 2.24) is 0 Å². The van der Waals surface area contributed by atoms with Gasteiger partial charge in [0, 0.05) is 12.8 Å². The number of methoxy groups -OCH3 is 1. The fraction of sp³-hybridized carbons (Fsp3) is 0.353. The van der Waals surface area contributed by atoms with Gasteiger partial charge in [0.2, 0.25) is 0 Å². The van der Waals surface area contributed by atoms with Crippen molar-refractivity contribution < 1.29 is 35.5 Å². The van der Waals surface area contributed by atoms with Crippen molar-refractivity contribution in [2.45, 2.75) is 25.5 Å². The van der Waals surface area contributed by atoms with Crippen LogP contribution in [-0.4, -0.2) is 19.8 Å². The maximum absolute atomic E-state index is 13.1. The van der Waals surface area contributed by atoms with Gasteiger partial charge in [-0.1, -0.05) is 6.07 Å². The number of hydrogen-bond donors (Lipinski definition) is 0. The van der Waals surface area contributed by atoms with Crippen LogP contribution in [0.5, 0.6) is 0 Å². The molecule has 4 nitrogen and oxygen atoms in total. The summed E-state index contributed by atoms with van der Waals surface area (Å²) in [6.07, 6.45) is -9.52. The molecular weight excluding hydrogens is 378 g/mol. The second kappa shape index (κ2) is 7.92. The Morgan fingerprint density at radius 3 is 2.30 bits per heavy atom. The zero-order valence-corrected chi connectivity index (χ0v) is 14.0. The van der Waals surface area contributed by atoms with Crippen molar-refractivity contribution in [2.75, 3.05) is 18.6 Å². The number of rotatable bonds is 6. The molecule has 1 aromatic carbocycles. The van der Waals surface area contributed by atoms with Gasteiger partial charge in [0.15, 0.2) is 5.69 Å². The summed E-state index contributed by atoms with van der Waals surface area (Å²) in [6.45, 7) is 5.03. The summed E-state index contributed by atoms with van der Waals surface area (Å²) in [7, 11) is 1.41. The molecule has 1 heterocycles. The minimum absolute atomic E-state index is 0.108. The number of benzene rings is 1. The zero-order valence-electron chi connectivity index (χ0n) is 14.0. The largest absolute Gasteiger partial charge is 0.462 e. The molecule has 1 aromatic heterocycles. The van der Waals surface area contributed by atoms with Crippen LogP contribution in [0.3, 0.4) is 0 Å². The van der Waals surface area contributed by atoms with Gasteiger partial charge < -0.3 is 14.1 Å². The van der Waals surface area contributed by atoms with Gasteiger partial charge in [-0.3, -0.25) is 0 Å². The molecule has 0 atom stereocenters. The summed E-state index contributed by atoms with van der Waals surface area (Å²) in [6, 6.07) is 5.38. The Bertz CT molecular complexity index is 820. The quantitative estimate of drug-likeness (QED) is 0.476. The van der Waals surface area contributed by atoms with Crippen molar-refractivity contribution >= 4 is 11.4 Å². The predicted octanol–water partition coefficient (Wildman–Crippen LogP) is 5.56. The molecular formula is C17H14F6N2O2. The molecule has 0 aliphatic heterocycles. The van der Waals surface area contributed by atoms with Crippen LogP contribution in [-0.2, 0) is 24.1 Å². The third kappa shape index (κ3) is 5.65. The van der Waals surface area contributed by atoms with Crippen molar-refractivity contribution in [3.8, 4) is 0 Å². The van der Waals surface area contributed by atoms with Gasteiger partial charge in [-0.15, -0.1) is 0 Å². The topological polar surface area (TPSA) is 30.0 Å². The van der Waals surface area contributed by atoms with E-state index in [1.165, 1.54) is 19.2 Å². The minimum atomic E-state index is -4.86. The van der Waals surface area contributed by atoms with Crippen LogP contribution in [0, 0.1) is 6.57 Å². The highest BCUT2D eigenvalue weighted by Crippen LogP contribution is 2.39. The molecule has 2 rings (SSSR count). The second-order valence-electron chi connectivity index (χ2n) is 5.58. The van der Waals surface area contributed by atoms with E-state index < -0.39 is 36.7 Å². The normalized spacial score (nSPS) is 12.1. The van der Waals surface area contributed by atoms with Crippen LogP contribution >= 0.6 is 0 Å². The predicted molar refractivity (Wildman–Crippen MR) is 84.2 cm³/mol. The Morgan fingerprint density at radius 2 is 1.74 bits per heavy atom. The first-order valence-electron chi connectivity index (χ1n) is 7.50. The average Bonchev–Trinajstić information content (AvgIpc) is 2.99. The lowest BCUT2D eigenvalue weighted by atomic mass is 10.1. The Morgan fingerprint density at radius 1 is 1.07 bits per heavy atom. The average molecular weight is 392 g/mol. The molecule has 0 radical (unpaired) electrons. The van der Waals surface area contributed by atoms with Gasteiger partial charge in [-0.05, 0) is 24.3 Å². The van der Waals surface area contributed by atoms with E-state index in [2.05, 4.69) is 4.85 Å². The fourth-order valence-corrected chi connectivity index (χ4v) is 2.42. The standard InChI is InChI=1S/C17H14F6N2O2/c1-24-15-6-3-11(7-14(15)17(21,22)23)25(10-16(18,19)20)8-12-4-5-13(27-12)9-26-2/h3-7H,8-10H2,2H3. The summed E-state index contributed by atoms with van der Waals surface area (Å²) < 4.78 is 88.3. The van der Waals surface area contributed by atoms with Crippen molar-refractivity contribution in [1.29, 1.82) is 0 Å². The van der Waals surface area contributed by atoms with E-state index in [0.29, 0.717) is 16.7 Å². The van der Waals surface area contributed by atoms with Gasteiger partial charge in [0.1, 0.15) is 24.7 Å². The molecule has 0 bridgehead atoms. The molecule has 27 heavy (non-hydrogen) atoms. The van der Waals surface area contributed by atoms with E-state index in [0.717, 1.165) is 12.1 Å². The molecule has 0 saturated carbocycles. The van der Waals surface area contributed by atoms with Crippen molar-refractivity contribution in [2.24, 2.45) is 0 Å². The Labute approximate surface area is 150 Å². The lowest BCUT2D eigenvalue weighted by Gasteiger charge is -2.26. The smallest absolute Gasteiger partial charge is 0.407 e. The van der Waals surface area contributed by atoms with Crippen LogP contribution in [0.25, 0.3) is 4.85 Å². The number of hydrogen-bond acceptors (Lipinski definition) is 3. The maximum atomic E-state index is 13.1. The summed E-state index contributed by atoms with van der Waals surface area (Å²) >= 11 is 0. The molecule has 0 fully saturated rings. The molecule has 2 aromatic rings. The van der Waals surface area contributed by atoms with Crippen LogP contribution in [0.2, 0.25) is 0 Å². The van der Waals surface area contributed by atoms with Crippen molar-refractivity contribution in [3.63, 3.8) is 0 Å². The third-order valence-electron chi connectivity index (χ3n) is 3.49. The van der Waals surface area contributed by atoms with E-state index in [4.69, 9.17) is 15.7 Å². The molecule has 0 aliphatic carbocycles. The van der Waals surface area contributed by atoms with Gasteiger partial charge >= 0.3 is 12.4 Å². The Hall–Kier alpha value is -2.67. The monoisotopic (exact) mass is 392 g/mol. The molecule has 0 aliphatic rings. The number of ether oxygens (including phenoxy) is 1. The lowest BCUT2D eigenvalue weighted by Crippen LogP contribution is -2.33. The minimum Gasteiger partial charge on any atom is -0.462 e. The number of alkyl halides is 6. The van der Waals surface area contributed by atoms with Crippen molar-refractivity contribution in [3.05, 3.63) is 58.8 Å². The first kappa shape index (κ1) is 20.6. The summed E-state index contributed by atoms with van der Waals surface area (Å²) in [4.78, 5) is 3.48. The highest BCUT2D eigenvalue weighted by Gasteiger charge is 2.36. The summed E-state index contributed by atoms with van der Waals surface area (Å²) in [5.74, 6) is 0.507. The first-order valence-corrected chi connectivity index (χ1v) is 7.50. The van der Waals surface area contributed by atoms with Gasteiger partial charge in [-0.2, -0.15) is 26.3 Å². The van der Waals surface area contributed by atoms with E-state index >= 15 is 0 Å². The third-order valence-corrected chi connectivity index (χ3v) is 3.49. The lowest BCUT2D eigenvalue weighted by molar-refractivity contribution is -0.136. The number of anilines is 1. The fourth-order valence-electron chi connectivity index (χ4n) is 2.42. The highest BCUT2D eigenvalue weighted by molar-refractivity contribution is 5.62. The number of furan rings is 1. The second-order valence-corrected chi connectivity index (χ2v) is 5.58. The molecule has 0 spiro atoms. The molecule has 0 N–H and O–H groups in total. The zero-order chi connectivity index (χ0) is 20.2. The van der Waals surface area contributed by atoms with E-state index in [1.54, 1.807) is 0 Å². The molecule has 0 saturated heterocycles.